The Labute approximate surface area is 229 Å². The maximum Gasteiger partial charge on any atom is 0.245 e. The first-order valence-corrected chi connectivity index (χ1v) is 13.7. The number of hydrogen-bond acceptors (Lipinski definition) is 8. The summed E-state index contributed by atoms with van der Waals surface area (Å²) in [6, 6.07) is 19.0. The highest BCUT2D eigenvalue weighted by atomic mass is 16.5. The number of methoxy groups -OCH3 is 2. The lowest BCUT2D eigenvalue weighted by Crippen LogP contribution is -2.54. The minimum absolute atomic E-state index is 0.494. The highest BCUT2D eigenvalue weighted by Gasteiger charge is 2.28. The summed E-state index contributed by atoms with van der Waals surface area (Å²) in [6.07, 6.45) is 4.30. The zero-order chi connectivity index (χ0) is 26.8. The van der Waals surface area contributed by atoms with Crippen LogP contribution in [0.1, 0.15) is 12.8 Å². The van der Waals surface area contributed by atoms with Gasteiger partial charge in [0, 0.05) is 62.6 Å². The standard InChI is InChI=1S/C30H37N7O2/c1-34-15-17-35(18-16-34)24-7-6-14-36(21-24)22-10-12-26(29(19-22)39-3)32-30-31-20-23-11-13-27(37(23)33-30)25-8-4-5-9-28(25)38-2/h4-5,8-13,19-20,24H,6-7,14-18,21H2,1-3H3,(H,32,33)/t24-/m1/s1. The van der Waals surface area contributed by atoms with Crippen molar-refractivity contribution in [2.24, 2.45) is 0 Å². The zero-order valence-electron chi connectivity index (χ0n) is 23.0. The van der Waals surface area contributed by atoms with Gasteiger partial charge >= 0.3 is 0 Å². The van der Waals surface area contributed by atoms with E-state index in [-0.39, 0.29) is 0 Å². The summed E-state index contributed by atoms with van der Waals surface area (Å²) in [5.74, 6) is 2.07. The Morgan fingerprint density at radius 1 is 0.897 bits per heavy atom. The quantitative estimate of drug-likeness (QED) is 0.380. The molecule has 2 aromatic heterocycles. The van der Waals surface area contributed by atoms with Crippen molar-refractivity contribution >= 4 is 22.8 Å². The van der Waals surface area contributed by atoms with Crippen molar-refractivity contribution in [1.29, 1.82) is 0 Å². The second-order valence-electron chi connectivity index (χ2n) is 10.4. The average molecular weight is 528 g/mol. The third kappa shape index (κ3) is 5.24. The van der Waals surface area contributed by atoms with Crippen molar-refractivity contribution in [3.8, 4) is 22.8 Å². The molecule has 6 rings (SSSR count). The molecule has 9 nitrogen and oxygen atoms in total. The fraction of sp³-hybridized carbons (Fsp3) is 0.400. The van der Waals surface area contributed by atoms with Crippen molar-refractivity contribution < 1.29 is 9.47 Å². The van der Waals surface area contributed by atoms with Crippen LogP contribution in [0, 0.1) is 0 Å². The number of piperazine rings is 1. The van der Waals surface area contributed by atoms with Crippen molar-refractivity contribution in [2.75, 3.05) is 70.8 Å². The molecule has 0 aliphatic carbocycles. The van der Waals surface area contributed by atoms with Crippen molar-refractivity contribution in [2.45, 2.75) is 18.9 Å². The normalized spacial score (nSPS) is 18.8. The van der Waals surface area contributed by atoms with E-state index < -0.39 is 0 Å². The minimum atomic E-state index is 0.494. The predicted octanol–water partition coefficient (Wildman–Crippen LogP) is 4.37. The van der Waals surface area contributed by atoms with Gasteiger partial charge in [0.25, 0.3) is 0 Å². The molecule has 1 N–H and O–H groups in total. The molecule has 0 unspecified atom stereocenters. The van der Waals surface area contributed by atoms with Gasteiger partial charge in [-0.1, -0.05) is 12.1 Å². The van der Waals surface area contributed by atoms with Crippen LogP contribution in [0.15, 0.2) is 60.8 Å². The number of hydrogen-bond donors (Lipinski definition) is 1. The first-order chi connectivity index (χ1) is 19.1. The van der Waals surface area contributed by atoms with Crippen LogP contribution in [0.3, 0.4) is 0 Å². The molecule has 2 aliphatic rings. The van der Waals surface area contributed by atoms with Gasteiger partial charge in [-0.15, -0.1) is 5.10 Å². The molecule has 0 saturated carbocycles. The first-order valence-electron chi connectivity index (χ1n) is 13.7. The molecule has 0 radical (unpaired) electrons. The highest BCUT2D eigenvalue weighted by Crippen LogP contribution is 2.34. The third-order valence-corrected chi connectivity index (χ3v) is 8.03. The predicted molar refractivity (Wildman–Crippen MR) is 156 cm³/mol. The van der Waals surface area contributed by atoms with Gasteiger partial charge in [-0.2, -0.15) is 0 Å². The number of ether oxygens (including phenoxy) is 2. The molecular formula is C30H37N7O2. The fourth-order valence-electron chi connectivity index (χ4n) is 5.79. The van der Waals surface area contributed by atoms with Gasteiger partial charge in [-0.05, 0) is 56.3 Å². The van der Waals surface area contributed by atoms with Crippen LogP contribution < -0.4 is 19.7 Å². The number of fused-ring (bicyclic) bond motifs is 1. The van der Waals surface area contributed by atoms with Gasteiger partial charge in [0.05, 0.1) is 37.3 Å². The molecule has 4 heterocycles. The molecule has 0 spiro atoms. The van der Waals surface area contributed by atoms with E-state index >= 15 is 0 Å². The van der Waals surface area contributed by atoms with Crippen LogP contribution in [-0.4, -0.2) is 91.0 Å². The maximum atomic E-state index is 5.82. The smallest absolute Gasteiger partial charge is 0.245 e. The molecule has 0 amide bonds. The van der Waals surface area contributed by atoms with Gasteiger partial charge in [0.2, 0.25) is 5.95 Å². The van der Waals surface area contributed by atoms with Gasteiger partial charge in [-0.3, -0.25) is 4.90 Å². The Hall–Kier alpha value is -3.82. The van der Waals surface area contributed by atoms with E-state index in [1.807, 2.05) is 47.1 Å². The Morgan fingerprint density at radius 3 is 2.54 bits per heavy atom. The lowest BCUT2D eigenvalue weighted by molar-refractivity contribution is 0.102. The molecular weight excluding hydrogens is 490 g/mol. The van der Waals surface area contributed by atoms with E-state index in [2.05, 4.69) is 50.2 Å². The van der Waals surface area contributed by atoms with E-state index in [1.54, 1.807) is 14.2 Å². The van der Waals surface area contributed by atoms with E-state index in [0.717, 1.165) is 73.2 Å². The zero-order valence-corrected chi connectivity index (χ0v) is 23.0. The molecule has 204 valence electrons. The Bertz CT molecular complexity index is 1430. The topological polar surface area (TPSA) is 70.4 Å². The first kappa shape index (κ1) is 25.5. The number of anilines is 3. The van der Waals surface area contributed by atoms with E-state index in [9.17, 15) is 0 Å². The molecule has 2 fully saturated rings. The Morgan fingerprint density at radius 2 is 1.72 bits per heavy atom. The van der Waals surface area contributed by atoms with Crippen LogP contribution in [0.2, 0.25) is 0 Å². The summed E-state index contributed by atoms with van der Waals surface area (Å²) in [7, 11) is 5.61. The fourth-order valence-corrected chi connectivity index (χ4v) is 5.79. The van der Waals surface area contributed by atoms with Gasteiger partial charge in [0.1, 0.15) is 11.5 Å². The summed E-state index contributed by atoms with van der Waals surface area (Å²) in [4.78, 5) is 12.2. The SMILES string of the molecule is COc1cc(N2CCC[C@@H](N3CCN(C)CC3)C2)ccc1Nc1ncc2ccc(-c3ccccc3OC)n2n1. The molecule has 0 bridgehead atoms. The van der Waals surface area contributed by atoms with Gasteiger partial charge in [0.15, 0.2) is 0 Å². The average Bonchev–Trinajstić information content (AvgIpc) is 3.41. The number of rotatable bonds is 7. The van der Waals surface area contributed by atoms with Crippen LogP contribution >= 0.6 is 0 Å². The Kier molecular flexibility index (Phi) is 7.26. The van der Waals surface area contributed by atoms with Crippen molar-refractivity contribution in [1.82, 2.24) is 24.4 Å². The number of nitrogens with one attached hydrogen (secondary N) is 1. The largest absolute Gasteiger partial charge is 0.496 e. The monoisotopic (exact) mass is 527 g/mol. The van der Waals surface area contributed by atoms with Crippen molar-refractivity contribution in [3.05, 3.63) is 60.8 Å². The van der Waals surface area contributed by atoms with Crippen molar-refractivity contribution in [3.63, 3.8) is 0 Å². The molecule has 2 aromatic carbocycles. The summed E-state index contributed by atoms with van der Waals surface area (Å²) < 4.78 is 13.3. The second-order valence-corrected chi connectivity index (χ2v) is 10.4. The van der Waals surface area contributed by atoms with Crippen LogP contribution in [0.5, 0.6) is 11.5 Å². The summed E-state index contributed by atoms with van der Waals surface area (Å²) >= 11 is 0. The van der Waals surface area contributed by atoms with Gasteiger partial charge < -0.3 is 24.6 Å². The van der Waals surface area contributed by atoms with E-state index in [0.29, 0.717) is 12.0 Å². The van der Waals surface area contributed by atoms with E-state index in [4.69, 9.17) is 14.6 Å². The number of nitrogens with zero attached hydrogens (tertiary/aromatic N) is 6. The second kappa shape index (κ2) is 11.1. The van der Waals surface area contributed by atoms with Crippen LogP contribution in [0.25, 0.3) is 16.8 Å². The molecule has 1 atom stereocenters. The number of piperidine rings is 1. The summed E-state index contributed by atoms with van der Waals surface area (Å²) in [5, 5.41) is 8.18. The number of para-hydroxylation sites is 1. The summed E-state index contributed by atoms with van der Waals surface area (Å²) in [5.41, 5.74) is 4.85. The third-order valence-electron chi connectivity index (χ3n) is 8.03. The van der Waals surface area contributed by atoms with Crippen LogP contribution in [0.4, 0.5) is 17.3 Å². The lowest BCUT2D eigenvalue weighted by atomic mass is 10.0. The molecule has 9 heteroatoms. The summed E-state index contributed by atoms with van der Waals surface area (Å²) in [6.45, 7) is 6.75. The molecule has 39 heavy (non-hydrogen) atoms. The minimum Gasteiger partial charge on any atom is -0.496 e. The Balaban J connectivity index is 1.22. The molecule has 2 saturated heterocycles. The van der Waals surface area contributed by atoms with E-state index in [1.165, 1.54) is 18.5 Å². The number of likely N-dealkylation sites (N-methyl/N-ethyl adjacent to an activating group) is 1. The lowest BCUT2D eigenvalue weighted by Gasteiger charge is -2.43. The maximum absolute atomic E-state index is 5.82. The van der Waals surface area contributed by atoms with Gasteiger partial charge in [-0.25, -0.2) is 9.50 Å². The molecule has 4 aromatic rings. The van der Waals surface area contributed by atoms with Crippen LogP contribution in [-0.2, 0) is 0 Å². The number of benzene rings is 2. The molecule has 2 aliphatic heterocycles. The number of aromatic nitrogens is 3. The highest BCUT2D eigenvalue weighted by molar-refractivity contribution is 5.73.